The molecule has 0 bridgehead atoms. The van der Waals surface area contributed by atoms with E-state index in [1.54, 1.807) is 17.0 Å². The third-order valence-electron chi connectivity index (χ3n) is 4.71. The Morgan fingerprint density at radius 3 is 2.70 bits per heavy atom. The Hall–Kier alpha value is -1.13. The first kappa shape index (κ1) is 19.9. The number of halogens is 2. The van der Waals surface area contributed by atoms with Crippen LogP contribution >= 0.6 is 12.4 Å². The summed E-state index contributed by atoms with van der Waals surface area (Å²) in [7, 11) is 1.86. The molecule has 1 saturated heterocycles. The van der Waals surface area contributed by atoms with Crippen LogP contribution in [0.4, 0.5) is 4.39 Å². The average Bonchev–Trinajstić information content (AvgIpc) is 2.54. The van der Waals surface area contributed by atoms with Crippen molar-refractivity contribution in [2.24, 2.45) is 11.8 Å². The molecule has 2 atom stereocenters. The van der Waals surface area contributed by atoms with Gasteiger partial charge in [0.05, 0.1) is 0 Å². The van der Waals surface area contributed by atoms with Gasteiger partial charge in [-0.2, -0.15) is 0 Å². The predicted molar refractivity (Wildman–Crippen MR) is 94.4 cm³/mol. The molecule has 1 aromatic carbocycles. The lowest BCUT2D eigenvalue weighted by Crippen LogP contribution is -2.36. The first-order valence-electron chi connectivity index (χ1n) is 8.25. The van der Waals surface area contributed by atoms with Crippen LogP contribution in [0.15, 0.2) is 24.3 Å². The number of benzene rings is 1. The second kappa shape index (κ2) is 9.89. The number of nitrogens with one attached hydrogen (secondary N) is 1. The highest BCUT2D eigenvalue weighted by Gasteiger charge is 2.23. The van der Waals surface area contributed by atoms with Gasteiger partial charge in [0.25, 0.3) is 0 Å². The average molecular weight is 343 g/mol. The summed E-state index contributed by atoms with van der Waals surface area (Å²) in [6, 6.07) is 6.50. The fourth-order valence-electron chi connectivity index (χ4n) is 3.03. The highest BCUT2D eigenvalue weighted by molar-refractivity contribution is 5.85. The van der Waals surface area contributed by atoms with E-state index in [2.05, 4.69) is 12.2 Å². The van der Waals surface area contributed by atoms with Gasteiger partial charge in [0.1, 0.15) is 5.82 Å². The number of amides is 1. The molecular weight excluding hydrogens is 315 g/mol. The van der Waals surface area contributed by atoms with Gasteiger partial charge in [-0.1, -0.05) is 19.1 Å². The van der Waals surface area contributed by atoms with Gasteiger partial charge < -0.3 is 10.2 Å². The zero-order valence-electron chi connectivity index (χ0n) is 14.1. The summed E-state index contributed by atoms with van der Waals surface area (Å²) in [5, 5.41) is 3.41. The highest BCUT2D eigenvalue weighted by Crippen LogP contribution is 2.23. The lowest BCUT2D eigenvalue weighted by atomic mass is 9.85. The number of carbonyl (C=O) groups is 1. The molecule has 1 N–H and O–H groups in total. The van der Waals surface area contributed by atoms with Crippen LogP contribution in [0.25, 0.3) is 0 Å². The van der Waals surface area contributed by atoms with Crippen LogP contribution in [-0.4, -0.2) is 37.5 Å². The van der Waals surface area contributed by atoms with Gasteiger partial charge in [0, 0.05) is 20.0 Å². The molecule has 1 aliphatic rings. The Morgan fingerprint density at radius 1 is 1.39 bits per heavy atom. The van der Waals surface area contributed by atoms with Crippen LogP contribution in [0, 0.1) is 17.7 Å². The highest BCUT2D eigenvalue weighted by atomic mass is 35.5. The topological polar surface area (TPSA) is 32.3 Å². The molecule has 130 valence electrons. The standard InChI is InChI=1S/C18H27FN2O.ClH/c1-14(16-4-3-10-20-13-16)12-18(22)21(2)11-9-15-5-7-17(19)8-6-15;/h5-8,14,16,20H,3-4,9-13H2,1-2H3;1H. The van der Waals surface area contributed by atoms with Gasteiger partial charge in [-0.05, 0) is 61.9 Å². The van der Waals surface area contributed by atoms with E-state index in [9.17, 15) is 9.18 Å². The van der Waals surface area contributed by atoms with Gasteiger partial charge in [0.2, 0.25) is 5.91 Å². The monoisotopic (exact) mass is 342 g/mol. The largest absolute Gasteiger partial charge is 0.345 e. The lowest BCUT2D eigenvalue weighted by molar-refractivity contribution is -0.131. The maximum absolute atomic E-state index is 12.9. The molecule has 1 heterocycles. The van der Waals surface area contributed by atoms with Gasteiger partial charge in [-0.25, -0.2) is 4.39 Å². The predicted octanol–water partition coefficient (Wildman–Crippen LogP) is 3.27. The van der Waals surface area contributed by atoms with E-state index < -0.39 is 0 Å². The van der Waals surface area contributed by atoms with E-state index in [1.165, 1.54) is 25.0 Å². The van der Waals surface area contributed by atoms with Crippen LogP contribution in [0.3, 0.4) is 0 Å². The third-order valence-corrected chi connectivity index (χ3v) is 4.71. The molecule has 2 rings (SSSR count). The summed E-state index contributed by atoms with van der Waals surface area (Å²) in [5.41, 5.74) is 1.06. The van der Waals surface area contributed by atoms with Crippen LogP contribution in [0.1, 0.15) is 31.7 Å². The summed E-state index contributed by atoms with van der Waals surface area (Å²) in [4.78, 5) is 14.1. The van der Waals surface area contributed by atoms with Crippen molar-refractivity contribution in [1.29, 1.82) is 0 Å². The minimum atomic E-state index is -0.219. The molecule has 1 amide bonds. The van der Waals surface area contributed by atoms with E-state index >= 15 is 0 Å². The molecule has 0 saturated carbocycles. The van der Waals surface area contributed by atoms with Gasteiger partial charge in [0.15, 0.2) is 0 Å². The van der Waals surface area contributed by atoms with E-state index in [0.29, 0.717) is 24.8 Å². The van der Waals surface area contributed by atoms with Gasteiger partial charge >= 0.3 is 0 Å². The quantitative estimate of drug-likeness (QED) is 0.860. The van der Waals surface area contributed by atoms with Crippen LogP contribution in [0.5, 0.6) is 0 Å². The van der Waals surface area contributed by atoms with Crippen LogP contribution in [0.2, 0.25) is 0 Å². The Balaban J connectivity index is 0.00000264. The van der Waals surface area contributed by atoms with Crippen molar-refractivity contribution in [3.8, 4) is 0 Å². The van der Waals surface area contributed by atoms with Crippen LogP contribution < -0.4 is 5.32 Å². The fourth-order valence-corrected chi connectivity index (χ4v) is 3.03. The van der Waals surface area contributed by atoms with Crippen LogP contribution in [-0.2, 0) is 11.2 Å². The summed E-state index contributed by atoms with van der Waals surface area (Å²) in [6.07, 6.45) is 3.82. The van der Waals surface area contributed by atoms with E-state index in [0.717, 1.165) is 25.1 Å². The van der Waals surface area contributed by atoms with Gasteiger partial charge in [-0.15, -0.1) is 12.4 Å². The summed E-state index contributed by atoms with van der Waals surface area (Å²) >= 11 is 0. The number of rotatable bonds is 6. The lowest BCUT2D eigenvalue weighted by Gasteiger charge is -2.29. The molecule has 0 aliphatic carbocycles. The second-order valence-electron chi connectivity index (χ2n) is 6.48. The maximum atomic E-state index is 12.9. The number of likely N-dealkylation sites (N-methyl/N-ethyl adjacent to an activating group) is 1. The van der Waals surface area contributed by atoms with Crippen molar-refractivity contribution in [2.45, 2.75) is 32.6 Å². The first-order chi connectivity index (χ1) is 10.6. The molecule has 0 aromatic heterocycles. The molecule has 5 heteroatoms. The number of nitrogens with zero attached hydrogens (tertiary/aromatic N) is 1. The maximum Gasteiger partial charge on any atom is 0.222 e. The van der Waals surface area contributed by atoms with Crippen molar-refractivity contribution >= 4 is 18.3 Å². The minimum absolute atomic E-state index is 0. The molecule has 1 fully saturated rings. The Morgan fingerprint density at radius 2 is 2.09 bits per heavy atom. The molecule has 23 heavy (non-hydrogen) atoms. The minimum Gasteiger partial charge on any atom is -0.345 e. The molecule has 2 unspecified atom stereocenters. The van der Waals surface area contributed by atoms with Crippen molar-refractivity contribution in [3.05, 3.63) is 35.6 Å². The third kappa shape index (κ3) is 6.48. The first-order valence-corrected chi connectivity index (χ1v) is 8.25. The second-order valence-corrected chi connectivity index (χ2v) is 6.48. The van der Waals surface area contributed by atoms with E-state index in [4.69, 9.17) is 0 Å². The fraction of sp³-hybridized carbons (Fsp3) is 0.611. The zero-order chi connectivity index (χ0) is 15.9. The number of carbonyl (C=O) groups excluding carboxylic acids is 1. The normalized spacial score (nSPS) is 18.8. The molecule has 0 spiro atoms. The molecular formula is C18H28ClFN2O. The summed E-state index contributed by atoms with van der Waals surface area (Å²) < 4.78 is 12.9. The van der Waals surface area contributed by atoms with Crippen molar-refractivity contribution in [2.75, 3.05) is 26.7 Å². The molecule has 0 radical (unpaired) electrons. The smallest absolute Gasteiger partial charge is 0.222 e. The van der Waals surface area contributed by atoms with Crippen molar-refractivity contribution in [1.82, 2.24) is 10.2 Å². The molecule has 1 aromatic rings. The Bertz CT molecular complexity index is 474. The van der Waals surface area contributed by atoms with E-state index in [1.807, 2.05) is 7.05 Å². The summed E-state index contributed by atoms with van der Waals surface area (Å²) in [5.74, 6) is 1.03. The number of piperidine rings is 1. The molecule has 3 nitrogen and oxygen atoms in total. The number of hydrogen-bond acceptors (Lipinski definition) is 2. The van der Waals surface area contributed by atoms with Crippen molar-refractivity contribution in [3.63, 3.8) is 0 Å². The van der Waals surface area contributed by atoms with Gasteiger partial charge in [-0.3, -0.25) is 4.79 Å². The Kier molecular flexibility index (Phi) is 8.56. The van der Waals surface area contributed by atoms with E-state index in [-0.39, 0.29) is 24.1 Å². The summed E-state index contributed by atoms with van der Waals surface area (Å²) in [6.45, 7) is 5.01. The zero-order valence-corrected chi connectivity index (χ0v) is 14.9. The Labute approximate surface area is 145 Å². The number of hydrogen-bond donors (Lipinski definition) is 1. The molecule has 1 aliphatic heterocycles. The van der Waals surface area contributed by atoms with Crippen molar-refractivity contribution < 1.29 is 9.18 Å². The SMILES string of the molecule is CC(CC(=O)N(C)CCc1ccc(F)cc1)C1CCCNC1.Cl.